The van der Waals surface area contributed by atoms with Gasteiger partial charge in [0, 0.05) is 32.0 Å². The first kappa shape index (κ1) is 56.7. The molecule has 3 aliphatic rings. The molecule has 25 nitrogen and oxygen atoms in total. The number of phenols is 1. The zero-order valence-corrected chi connectivity index (χ0v) is 40.1. The smallest absolute Gasteiger partial charge is 0.247 e. The number of primary amides is 3. The predicted octanol–water partition coefficient (Wildman–Crippen LogP) is -4.45. The number of benzene rings is 1. The molecule has 9 atom stereocenters. The number of aliphatic imine (C=N–C) groups is 1. The highest BCUT2D eigenvalue weighted by atomic mass is 16.3. The third kappa shape index (κ3) is 17.8. The van der Waals surface area contributed by atoms with E-state index in [4.69, 9.17) is 17.2 Å². The van der Waals surface area contributed by atoms with Crippen LogP contribution in [0.4, 0.5) is 0 Å². The summed E-state index contributed by atoms with van der Waals surface area (Å²) in [5.74, 6) is -10.7. The normalized spacial score (nSPS) is 25.4. The van der Waals surface area contributed by atoms with E-state index in [0.29, 0.717) is 31.2 Å². The molecule has 392 valence electrons. The Morgan fingerprint density at radius 3 is 2.14 bits per heavy atom. The van der Waals surface area contributed by atoms with Crippen LogP contribution in [0, 0.1) is 11.8 Å². The van der Waals surface area contributed by atoms with E-state index in [0.717, 1.165) is 19.3 Å². The van der Waals surface area contributed by atoms with Gasteiger partial charge < -0.3 is 69.3 Å². The van der Waals surface area contributed by atoms with E-state index in [2.05, 4.69) is 42.2 Å². The van der Waals surface area contributed by atoms with Gasteiger partial charge in [-0.25, -0.2) is 0 Å². The molecule has 0 spiro atoms. The minimum atomic E-state index is -1.82. The summed E-state index contributed by atoms with van der Waals surface area (Å²) < 4.78 is 0. The highest BCUT2D eigenvalue weighted by molar-refractivity contribution is 5.99. The Balaban J connectivity index is 1.71. The van der Waals surface area contributed by atoms with Crippen molar-refractivity contribution < 1.29 is 63.3 Å². The number of amides is 10. The lowest BCUT2D eigenvalue weighted by Crippen LogP contribution is -2.62. The Hall–Kier alpha value is -6.89. The van der Waals surface area contributed by atoms with Crippen molar-refractivity contribution in [2.75, 3.05) is 19.6 Å². The first-order valence-electron chi connectivity index (χ1n) is 24.0. The molecule has 10 amide bonds. The van der Waals surface area contributed by atoms with Crippen LogP contribution in [0.3, 0.4) is 0 Å². The second-order valence-electron chi connectivity index (χ2n) is 18.4. The maximum absolute atomic E-state index is 14.6. The molecule has 71 heavy (non-hydrogen) atoms. The van der Waals surface area contributed by atoms with Gasteiger partial charge in [-0.3, -0.25) is 58.3 Å². The Labute approximate surface area is 411 Å². The second kappa shape index (κ2) is 27.5. The van der Waals surface area contributed by atoms with Gasteiger partial charge in [-0.1, -0.05) is 51.7 Å². The Morgan fingerprint density at radius 2 is 1.51 bits per heavy atom. The molecule has 1 saturated carbocycles. The molecule has 2 heterocycles. The van der Waals surface area contributed by atoms with Gasteiger partial charge in [-0.2, -0.15) is 0 Å². The number of aromatic hydroxyl groups is 1. The summed E-state index contributed by atoms with van der Waals surface area (Å²) in [5.41, 5.74) is 16.7. The van der Waals surface area contributed by atoms with Crippen LogP contribution in [0.1, 0.15) is 103 Å². The number of hydrogen-bond donors (Lipinski definition) is 12. The van der Waals surface area contributed by atoms with Crippen LogP contribution < -0.4 is 59.5 Å². The Morgan fingerprint density at radius 1 is 0.845 bits per heavy atom. The number of aliphatic hydroxyl groups is 1. The molecule has 0 aromatic heterocycles. The highest BCUT2D eigenvalue weighted by Gasteiger charge is 2.41. The van der Waals surface area contributed by atoms with Crippen molar-refractivity contribution in [3.63, 3.8) is 0 Å². The summed E-state index contributed by atoms with van der Waals surface area (Å²) in [6.45, 7) is 2.25. The molecular weight excluding hydrogens is 929 g/mol. The van der Waals surface area contributed by atoms with Crippen LogP contribution in [-0.4, -0.2) is 148 Å². The molecule has 4 unspecified atom stereocenters. The van der Waals surface area contributed by atoms with E-state index in [1.165, 1.54) is 29.2 Å². The number of rotatable bonds is 16. The van der Waals surface area contributed by atoms with E-state index in [-0.39, 0.29) is 37.5 Å². The molecule has 1 aromatic carbocycles. The summed E-state index contributed by atoms with van der Waals surface area (Å²) in [6, 6.07) is -4.28. The number of nitrogens with one attached hydrogen (secondary N) is 7. The fraction of sp³-hybridized carbons (Fsp3) is 0.630. The van der Waals surface area contributed by atoms with Gasteiger partial charge in [0.05, 0.1) is 13.0 Å². The van der Waals surface area contributed by atoms with Crippen LogP contribution in [0.5, 0.6) is 5.75 Å². The average Bonchev–Trinajstić information content (AvgIpc) is 3.83. The number of nitrogens with zero attached hydrogens (tertiary/aromatic N) is 2. The molecule has 1 aromatic rings. The third-order valence-electron chi connectivity index (χ3n) is 12.9. The van der Waals surface area contributed by atoms with Crippen LogP contribution in [0.2, 0.25) is 0 Å². The number of aliphatic hydroxyl groups excluding tert-OH is 1. The largest absolute Gasteiger partial charge is 0.861 e. The molecular formula is C46H69N12O13-. The monoisotopic (exact) mass is 998 g/mol. The topological polar surface area (TPSA) is 412 Å². The fourth-order valence-corrected chi connectivity index (χ4v) is 8.74. The van der Waals surface area contributed by atoms with Gasteiger partial charge in [0.25, 0.3) is 0 Å². The van der Waals surface area contributed by atoms with Gasteiger partial charge in [-0.15, -0.1) is 0 Å². The van der Waals surface area contributed by atoms with Gasteiger partial charge in [0.2, 0.25) is 59.1 Å². The van der Waals surface area contributed by atoms with E-state index in [1.54, 1.807) is 13.8 Å². The molecule has 2 fully saturated rings. The lowest BCUT2D eigenvalue weighted by atomic mass is 9.83. The molecule has 15 N–H and O–H groups in total. The van der Waals surface area contributed by atoms with Crippen LogP contribution in [0.15, 0.2) is 29.3 Å². The lowest BCUT2D eigenvalue weighted by molar-refractivity contribution is -0.223. The van der Waals surface area contributed by atoms with Crippen LogP contribution >= 0.6 is 0 Å². The summed E-state index contributed by atoms with van der Waals surface area (Å²) in [4.78, 5) is 139. The SMILES string of the molecule is CCC(C)C1N=C([O-])[C@H](Cc2ccc(O)cc2)NC(O)CCC(=O)NC[C@@H](C(=O)N2CCCC2C(=O)N[C@H](C(=O)NCC(N)=O)C2CCCCC2)NC(=O)[C@H](CC(N)=O)NC(=O)[C@H](CCC(N)=O)NC1=O. The van der Waals surface area contributed by atoms with Crippen molar-refractivity contribution in [1.29, 1.82) is 0 Å². The van der Waals surface area contributed by atoms with E-state index < -0.39 is 158 Å². The molecule has 25 heteroatoms. The van der Waals surface area contributed by atoms with E-state index >= 15 is 0 Å². The Bertz CT molecular complexity index is 2120. The average molecular weight is 998 g/mol. The van der Waals surface area contributed by atoms with Crippen molar-refractivity contribution in [3.05, 3.63) is 29.8 Å². The first-order valence-corrected chi connectivity index (χ1v) is 24.0. The standard InChI is InChI=1S/C46H70N12O13/c1-3-24(2)38-45(70)53-28(15-16-33(47)60)40(65)54-30(21-34(48)61)41(66)55-31(22-50-36(63)17-18-37(64)52-29(42(67)56-38)20-25-11-13-27(59)14-12-25)46(71)58-19-7-10-32(58)43(68)57-39(26-8-5-4-6-9-26)44(69)51-23-35(49)62/h11-14,24,26,28-32,37-39,52,59,64H,3-10,15-23H2,1-2H3,(H2,47,60)(H2,48,61)(H2,49,62)(H,50,63)(H,51,69)(H,53,70)(H,54,65)(H,55,66)(H,56,67)(H,57,68)/p-1/t24?,28-,29-,30-,31-,32?,37?,38?,39-/m0/s1. The first-order chi connectivity index (χ1) is 33.7. The predicted molar refractivity (Wildman–Crippen MR) is 251 cm³/mol. The van der Waals surface area contributed by atoms with Gasteiger partial charge in [0.1, 0.15) is 48.2 Å². The van der Waals surface area contributed by atoms with Crippen molar-refractivity contribution in [1.82, 2.24) is 42.1 Å². The van der Waals surface area contributed by atoms with Crippen LogP contribution in [0.25, 0.3) is 0 Å². The van der Waals surface area contributed by atoms with Crippen molar-refractivity contribution in [3.8, 4) is 5.75 Å². The summed E-state index contributed by atoms with van der Waals surface area (Å²) in [7, 11) is 0. The summed E-state index contributed by atoms with van der Waals surface area (Å²) in [5, 5.41) is 52.8. The van der Waals surface area contributed by atoms with Crippen molar-refractivity contribution >= 4 is 65.0 Å². The van der Waals surface area contributed by atoms with E-state index in [1.807, 2.05) is 0 Å². The van der Waals surface area contributed by atoms with Gasteiger partial charge in [0.15, 0.2) is 0 Å². The van der Waals surface area contributed by atoms with Crippen molar-refractivity contribution in [2.24, 2.45) is 34.0 Å². The zero-order chi connectivity index (χ0) is 52.4. The minimum absolute atomic E-state index is 0.00623. The number of hydrogen-bond acceptors (Lipinski definition) is 15. The summed E-state index contributed by atoms with van der Waals surface area (Å²) in [6.07, 6.45) is 0.440. The molecule has 1 saturated heterocycles. The third-order valence-corrected chi connectivity index (χ3v) is 12.9. The maximum atomic E-state index is 14.6. The van der Waals surface area contributed by atoms with Crippen molar-refractivity contribution in [2.45, 2.75) is 152 Å². The quantitative estimate of drug-likeness (QED) is 0.0744. The second-order valence-corrected chi connectivity index (χ2v) is 18.4. The molecule has 0 bridgehead atoms. The van der Waals surface area contributed by atoms with Gasteiger partial charge >= 0.3 is 0 Å². The number of carbonyl (C=O) groups is 10. The molecule has 1 aliphatic carbocycles. The number of phenolic OH excluding ortho intramolecular Hbond substituents is 1. The lowest BCUT2D eigenvalue weighted by Gasteiger charge is -2.33. The van der Waals surface area contributed by atoms with Gasteiger partial charge in [-0.05, 0) is 80.4 Å². The molecule has 2 aliphatic heterocycles. The summed E-state index contributed by atoms with van der Waals surface area (Å²) >= 11 is 0. The Kier molecular flexibility index (Phi) is 22.0. The molecule has 0 radical (unpaired) electrons. The zero-order valence-electron chi connectivity index (χ0n) is 40.1. The van der Waals surface area contributed by atoms with Crippen LogP contribution in [-0.2, 0) is 54.4 Å². The number of carbonyl (C=O) groups excluding carboxylic acids is 10. The maximum Gasteiger partial charge on any atom is 0.247 e. The number of nitrogens with two attached hydrogens (primary N) is 3. The minimum Gasteiger partial charge on any atom is -0.861 e. The highest BCUT2D eigenvalue weighted by Crippen LogP contribution is 2.28. The molecule has 4 rings (SSSR count). The fourth-order valence-electron chi connectivity index (χ4n) is 8.74. The van der Waals surface area contributed by atoms with E-state index in [9.17, 15) is 63.3 Å². The number of likely N-dealkylation sites (tertiary alicyclic amines) is 1.